The molecule has 9 nitrogen and oxygen atoms in total. The SMILES string of the molecule is CNC(=O)CNC(=O)NCC(=O)NCC(=O)O. The Bertz CT molecular complexity index is 317. The summed E-state index contributed by atoms with van der Waals surface area (Å²) < 4.78 is 0. The molecule has 0 saturated heterocycles. The number of rotatable bonds is 6. The van der Waals surface area contributed by atoms with Crippen molar-refractivity contribution in [3.05, 3.63) is 0 Å². The molecule has 0 heterocycles. The first-order valence-electron chi connectivity index (χ1n) is 4.66. The molecule has 96 valence electrons. The van der Waals surface area contributed by atoms with Crippen molar-refractivity contribution < 1.29 is 24.3 Å². The van der Waals surface area contributed by atoms with Gasteiger partial charge in [0.15, 0.2) is 0 Å². The summed E-state index contributed by atoms with van der Waals surface area (Å²) in [5.74, 6) is -2.19. The highest BCUT2D eigenvalue weighted by Crippen LogP contribution is 1.69. The Morgan fingerprint density at radius 2 is 1.41 bits per heavy atom. The largest absolute Gasteiger partial charge is 0.480 e. The number of aliphatic carboxylic acids is 1. The van der Waals surface area contributed by atoms with Gasteiger partial charge in [0, 0.05) is 7.05 Å². The van der Waals surface area contributed by atoms with E-state index in [1.54, 1.807) is 0 Å². The minimum Gasteiger partial charge on any atom is -0.480 e. The molecule has 0 aliphatic rings. The Kier molecular flexibility index (Phi) is 6.83. The van der Waals surface area contributed by atoms with Gasteiger partial charge in [-0.2, -0.15) is 0 Å². The van der Waals surface area contributed by atoms with Crippen LogP contribution in [0.1, 0.15) is 0 Å². The van der Waals surface area contributed by atoms with Crippen LogP contribution in [0.4, 0.5) is 4.79 Å². The Labute approximate surface area is 96.9 Å². The highest BCUT2D eigenvalue weighted by molar-refractivity contribution is 5.87. The number of urea groups is 1. The van der Waals surface area contributed by atoms with Crippen molar-refractivity contribution >= 4 is 23.8 Å². The molecule has 0 spiro atoms. The number of carboxylic acid groups (broad SMARTS) is 1. The van der Waals surface area contributed by atoms with Crippen LogP contribution < -0.4 is 21.3 Å². The summed E-state index contributed by atoms with van der Waals surface area (Å²) in [5, 5.41) is 16.9. The van der Waals surface area contributed by atoms with Gasteiger partial charge >= 0.3 is 12.0 Å². The van der Waals surface area contributed by atoms with Gasteiger partial charge in [-0.05, 0) is 0 Å². The van der Waals surface area contributed by atoms with Crippen LogP contribution in [0, 0.1) is 0 Å². The number of hydrogen-bond donors (Lipinski definition) is 5. The molecule has 0 unspecified atom stereocenters. The lowest BCUT2D eigenvalue weighted by molar-refractivity contribution is -0.137. The second-order valence-electron chi connectivity index (χ2n) is 2.88. The number of carbonyl (C=O) groups is 4. The molecule has 9 heteroatoms. The maximum absolute atomic E-state index is 11.0. The fourth-order valence-electron chi connectivity index (χ4n) is 0.709. The predicted molar refractivity (Wildman–Crippen MR) is 56.1 cm³/mol. The lowest BCUT2D eigenvalue weighted by Gasteiger charge is -2.06. The summed E-state index contributed by atoms with van der Waals surface area (Å²) >= 11 is 0. The number of carboxylic acids is 1. The van der Waals surface area contributed by atoms with Crippen molar-refractivity contribution in [1.82, 2.24) is 21.3 Å². The Morgan fingerprint density at radius 1 is 0.882 bits per heavy atom. The van der Waals surface area contributed by atoms with E-state index in [2.05, 4.69) is 21.3 Å². The van der Waals surface area contributed by atoms with Crippen LogP contribution in [0.5, 0.6) is 0 Å². The molecule has 0 aliphatic carbocycles. The summed E-state index contributed by atoms with van der Waals surface area (Å²) in [4.78, 5) is 42.8. The molecule has 5 N–H and O–H groups in total. The molecule has 0 aliphatic heterocycles. The maximum Gasteiger partial charge on any atom is 0.322 e. The molecule has 0 radical (unpaired) electrons. The highest BCUT2D eigenvalue weighted by atomic mass is 16.4. The summed E-state index contributed by atoms with van der Waals surface area (Å²) in [7, 11) is 1.42. The average Bonchev–Trinajstić information content (AvgIpc) is 2.30. The standard InChI is InChI=1S/C8H14N4O5/c1-9-5(13)2-11-8(17)12-3-6(14)10-4-7(15)16/h2-4H2,1H3,(H,9,13)(H,10,14)(H,15,16)(H2,11,12,17). The van der Waals surface area contributed by atoms with Gasteiger partial charge in [0.1, 0.15) is 6.54 Å². The molecule has 0 bridgehead atoms. The van der Waals surface area contributed by atoms with Crippen LogP contribution in [0.15, 0.2) is 0 Å². The van der Waals surface area contributed by atoms with Gasteiger partial charge in [-0.15, -0.1) is 0 Å². The van der Waals surface area contributed by atoms with Crippen molar-refractivity contribution in [2.24, 2.45) is 0 Å². The highest BCUT2D eigenvalue weighted by Gasteiger charge is 2.07. The third-order valence-corrected chi connectivity index (χ3v) is 1.53. The summed E-state index contributed by atoms with van der Waals surface area (Å²) in [6, 6.07) is -0.695. The fourth-order valence-corrected chi connectivity index (χ4v) is 0.709. The molecular weight excluding hydrogens is 232 g/mol. The zero-order valence-electron chi connectivity index (χ0n) is 9.20. The van der Waals surface area contributed by atoms with E-state index in [1.807, 2.05) is 0 Å². The van der Waals surface area contributed by atoms with E-state index >= 15 is 0 Å². The van der Waals surface area contributed by atoms with Crippen LogP contribution in [0.3, 0.4) is 0 Å². The lowest BCUT2D eigenvalue weighted by atomic mass is 10.5. The minimum absolute atomic E-state index is 0.209. The normalized spacial score (nSPS) is 9.00. The fraction of sp³-hybridized carbons (Fsp3) is 0.500. The minimum atomic E-state index is -1.18. The quantitative estimate of drug-likeness (QED) is 0.345. The first-order chi connectivity index (χ1) is 7.95. The van der Waals surface area contributed by atoms with Crippen molar-refractivity contribution in [2.45, 2.75) is 0 Å². The van der Waals surface area contributed by atoms with Crippen molar-refractivity contribution in [3.63, 3.8) is 0 Å². The molecule has 0 saturated carbocycles. The number of nitrogens with one attached hydrogen (secondary N) is 4. The molecule has 17 heavy (non-hydrogen) atoms. The average molecular weight is 246 g/mol. The molecular formula is C8H14N4O5. The topological polar surface area (TPSA) is 137 Å². The number of likely N-dealkylation sites (N-methyl/N-ethyl adjacent to an activating group) is 1. The first-order valence-corrected chi connectivity index (χ1v) is 4.66. The van der Waals surface area contributed by atoms with E-state index in [1.165, 1.54) is 7.05 Å². The van der Waals surface area contributed by atoms with Gasteiger partial charge in [0.2, 0.25) is 11.8 Å². The molecule has 0 aromatic rings. The zero-order chi connectivity index (χ0) is 13.3. The molecule has 0 atom stereocenters. The van der Waals surface area contributed by atoms with Gasteiger partial charge in [0.05, 0.1) is 13.1 Å². The summed E-state index contributed by atoms with van der Waals surface area (Å²) in [6.07, 6.45) is 0. The van der Waals surface area contributed by atoms with Crippen LogP contribution in [0.25, 0.3) is 0 Å². The zero-order valence-corrected chi connectivity index (χ0v) is 9.20. The summed E-state index contributed by atoms with van der Waals surface area (Å²) in [5.41, 5.74) is 0. The van der Waals surface area contributed by atoms with Gasteiger partial charge in [-0.1, -0.05) is 0 Å². The van der Waals surface area contributed by atoms with Crippen molar-refractivity contribution in [1.29, 1.82) is 0 Å². The smallest absolute Gasteiger partial charge is 0.322 e. The van der Waals surface area contributed by atoms with Gasteiger partial charge in [0.25, 0.3) is 0 Å². The second kappa shape index (κ2) is 7.91. The number of carbonyl (C=O) groups excluding carboxylic acids is 3. The van der Waals surface area contributed by atoms with Crippen molar-refractivity contribution in [2.75, 3.05) is 26.7 Å². The molecule has 0 aromatic carbocycles. The number of hydrogen-bond acceptors (Lipinski definition) is 4. The molecule has 0 aromatic heterocycles. The van der Waals surface area contributed by atoms with E-state index in [9.17, 15) is 19.2 Å². The molecule has 0 fully saturated rings. The van der Waals surface area contributed by atoms with Crippen LogP contribution >= 0.6 is 0 Å². The predicted octanol–water partition coefficient (Wildman–Crippen LogP) is -2.77. The Balaban J connectivity index is 3.66. The van der Waals surface area contributed by atoms with E-state index in [0.29, 0.717) is 0 Å². The second-order valence-corrected chi connectivity index (χ2v) is 2.88. The summed E-state index contributed by atoms with van der Waals surface area (Å²) in [6.45, 7) is -1.09. The van der Waals surface area contributed by atoms with Crippen molar-refractivity contribution in [3.8, 4) is 0 Å². The Morgan fingerprint density at radius 3 is 1.88 bits per heavy atom. The van der Waals surface area contributed by atoms with E-state index < -0.39 is 24.5 Å². The number of amides is 4. The van der Waals surface area contributed by atoms with Crippen LogP contribution in [-0.4, -0.2) is 55.6 Å². The van der Waals surface area contributed by atoms with Crippen LogP contribution in [0.2, 0.25) is 0 Å². The Hall–Kier alpha value is -2.32. The van der Waals surface area contributed by atoms with E-state index in [4.69, 9.17) is 5.11 Å². The third-order valence-electron chi connectivity index (χ3n) is 1.53. The van der Waals surface area contributed by atoms with Crippen LogP contribution in [-0.2, 0) is 14.4 Å². The van der Waals surface area contributed by atoms with Gasteiger partial charge in [-0.25, -0.2) is 4.79 Å². The van der Waals surface area contributed by atoms with E-state index in [0.717, 1.165) is 0 Å². The van der Waals surface area contributed by atoms with Gasteiger partial charge in [-0.3, -0.25) is 14.4 Å². The first kappa shape index (κ1) is 14.7. The lowest BCUT2D eigenvalue weighted by Crippen LogP contribution is -2.45. The third kappa shape index (κ3) is 8.66. The van der Waals surface area contributed by atoms with Gasteiger partial charge < -0.3 is 26.4 Å². The molecule has 4 amide bonds. The maximum atomic E-state index is 11.0. The monoisotopic (exact) mass is 246 g/mol. The molecule has 0 rings (SSSR count). The van der Waals surface area contributed by atoms with E-state index in [-0.39, 0.29) is 19.0 Å².